The molecule has 3 rings (SSSR count). The van der Waals surface area contributed by atoms with Gasteiger partial charge < -0.3 is 14.4 Å². The second-order valence-corrected chi connectivity index (χ2v) is 9.18. The summed E-state index contributed by atoms with van der Waals surface area (Å²) in [5.74, 6) is 0.842. The van der Waals surface area contributed by atoms with Crippen molar-refractivity contribution in [2.45, 2.75) is 25.8 Å². The summed E-state index contributed by atoms with van der Waals surface area (Å²) in [7, 11) is -0.312. The predicted octanol–water partition coefficient (Wildman–Crippen LogP) is 3.78. The van der Waals surface area contributed by atoms with E-state index in [1.165, 1.54) is 24.5 Å². The first-order valence-electron chi connectivity index (χ1n) is 9.31. The minimum atomic E-state index is -3.34. The SMILES string of the molecule is COc1cc(OC)cc(C(=O)N(c2ccc(C(C)C)cc2)C2C=CS(=O)(=O)C2)c1. The predicted molar refractivity (Wildman–Crippen MR) is 114 cm³/mol. The van der Waals surface area contributed by atoms with Gasteiger partial charge in [0.15, 0.2) is 9.84 Å². The first kappa shape index (κ1) is 20.9. The lowest BCUT2D eigenvalue weighted by Gasteiger charge is -2.28. The number of hydrogen-bond acceptors (Lipinski definition) is 5. The fourth-order valence-electron chi connectivity index (χ4n) is 3.27. The van der Waals surface area contributed by atoms with Crippen molar-refractivity contribution in [2.75, 3.05) is 24.9 Å². The number of sulfone groups is 1. The summed E-state index contributed by atoms with van der Waals surface area (Å²) in [4.78, 5) is 15.0. The molecular formula is C22H25NO5S. The Kier molecular flexibility index (Phi) is 5.98. The zero-order valence-electron chi connectivity index (χ0n) is 17.0. The second kappa shape index (κ2) is 8.29. The van der Waals surface area contributed by atoms with Gasteiger partial charge in [0.05, 0.1) is 26.0 Å². The first-order valence-corrected chi connectivity index (χ1v) is 11.0. The van der Waals surface area contributed by atoms with E-state index >= 15 is 0 Å². The Labute approximate surface area is 171 Å². The maximum Gasteiger partial charge on any atom is 0.259 e. The van der Waals surface area contributed by atoms with Crippen LogP contribution in [0.25, 0.3) is 0 Å². The summed E-state index contributed by atoms with van der Waals surface area (Å²) in [5, 5.41) is 1.17. The molecule has 0 N–H and O–H groups in total. The van der Waals surface area contributed by atoms with E-state index < -0.39 is 15.9 Å². The van der Waals surface area contributed by atoms with Crippen molar-refractivity contribution in [3.63, 3.8) is 0 Å². The molecule has 0 radical (unpaired) electrons. The molecule has 1 amide bonds. The fourth-order valence-corrected chi connectivity index (χ4v) is 4.54. The fraction of sp³-hybridized carbons (Fsp3) is 0.318. The van der Waals surface area contributed by atoms with E-state index in [-0.39, 0.29) is 11.7 Å². The van der Waals surface area contributed by atoms with Crippen LogP contribution >= 0.6 is 0 Å². The molecule has 1 aliphatic heterocycles. The Morgan fingerprint density at radius 2 is 1.62 bits per heavy atom. The number of benzene rings is 2. The van der Waals surface area contributed by atoms with Gasteiger partial charge in [-0.1, -0.05) is 26.0 Å². The summed E-state index contributed by atoms with van der Waals surface area (Å²) in [6, 6.07) is 11.9. The number of carbonyl (C=O) groups excluding carboxylic acids is 1. The molecule has 0 spiro atoms. The lowest BCUT2D eigenvalue weighted by atomic mass is 10.0. The molecule has 1 heterocycles. The molecule has 7 heteroatoms. The molecule has 0 saturated carbocycles. The molecule has 0 aromatic heterocycles. The van der Waals surface area contributed by atoms with E-state index in [4.69, 9.17) is 9.47 Å². The Hall–Kier alpha value is -2.80. The van der Waals surface area contributed by atoms with E-state index in [0.717, 1.165) is 5.56 Å². The lowest BCUT2D eigenvalue weighted by molar-refractivity contribution is 0.0982. The van der Waals surface area contributed by atoms with Crippen molar-refractivity contribution in [3.8, 4) is 11.5 Å². The van der Waals surface area contributed by atoms with Crippen LogP contribution in [0.4, 0.5) is 5.69 Å². The Balaban J connectivity index is 2.05. The van der Waals surface area contributed by atoms with Crippen molar-refractivity contribution in [2.24, 2.45) is 0 Å². The van der Waals surface area contributed by atoms with Crippen molar-refractivity contribution in [1.29, 1.82) is 0 Å². The summed E-state index contributed by atoms with van der Waals surface area (Å²) in [6.45, 7) is 4.18. The zero-order chi connectivity index (χ0) is 21.2. The van der Waals surface area contributed by atoms with Crippen LogP contribution in [-0.4, -0.2) is 40.3 Å². The zero-order valence-corrected chi connectivity index (χ0v) is 17.8. The Morgan fingerprint density at radius 3 is 2.07 bits per heavy atom. The molecule has 0 aliphatic carbocycles. The number of ether oxygens (including phenoxy) is 2. The highest BCUT2D eigenvalue weighted by Crippen LogP contribution is 2.29. The van der Waals surface area contributed by atoms with Crippen LogP contribution in [-0.2, 0) is 9.84 Å². The van der Waals surface area contributed by atoms with Gasteiger partial charge in [0.2, 0.25) is 0 Å². The molecule has 0 bridgehead atoms. The van der Waals surface area contributed by atoms with E-state index in [0.29, 0.717) is 28.7 Å². The third kappa shape index (κ3) is 4.62. The number of nitrogens with zero attached hydrogens (tertiary/aromatic N) is 1. The van der Waals surface area contributed by atoms with Crippen LogP contribution < -0.4 is 14.4 Å². The number of carbonyl (C=O) groups is 1. The number of methoxy groups -OCH3 is 2. The quantitative estimate of drug-likeness (QED) is 0.718. The maximum atomic E-state index is 13.5. The van der Waals surface area contributed by atoms with Gasteiger partial charge in [0, 0.05) is 22.7 Å². The molecule has 1 atom stereocenters. The smallest absolute Gasteiger partial charge is 0.259 e. The van der Waals surface area contributed by atoms with Crippen LogP contribution in [0.5, 0.6) is 11.5 Å². The number of rotatable bonds is 6. The average molecular weight is 416 g/mol. The third-order valence-electron chi connectivity index (χ3n) is 4.90. The monoisotopic (exact) mass is 415 g/mol. The largest absolute Gasteiger partial charge is 0.497 e. The van der Waals surface area contributed by atoms with Crippen LogP contribution in [0, 0.1) is 0 Å². The minimum absolute atomic E-state index is 0.147. The van der Waals surface area contributed by atoms with Gasteiger partial charge >= 0.3 is 0 Å². The highest BCUT2D eigenvalue weighted by atomic mass is 32.2. The highest BCUT2D eigenvalue weighted by Gasteiger charge is 2.32. The summed E-state index contributed by atoms with van der Waals surface area (Å²) < 4.78 is 34.6. The van der Waals surface area contributed by atoms with Gasteiger partial charge in [-0.05, 0) is 41.8 Å². The minimum Gasteiger partial charge on any atom is -0.497 e. The molecule has 2 aromatic carbocycles. The van der Waals surface area contributed by atoms with E-state index in [1.807, 2.05) is 24.3 Å². The Bertz CT molecular complexity index is 1000. The topological polar surface area (TPSA) is 72.9 Å². The molecule has 0 saturated heterocycles. The normalized spacial score (nSPS) is 17.3. The van der Waals surface area contributed by atoms with Crippen LogP contribution in [0.15, 0.2) is 53.9 Å². The van der Waals surface area contributed by atoms with Crippen LogP contribution in [0.3, 0.4) is 0 Å². The van der Waals surface area contributed by atoms with E-state index in [9.17, 15) is 13.2 Å². The van der Waals surface area contributed by atoms with Crippen molar-refractivity contribution in [1.82, 2.24) is 0 Å². The molecule has 154 valence electrons. The van der Waals surface area contributed by atoms with Crippen molar-refractivity contribution in [3.05, 3.63) is 65.1 Å². The van der Waals surface area contributed by atoms with E-state index in [1.54, 1.807) is 24.3 Å². The van der Waals surface area contributed by atoms with Crippen LogP contribution in [0.2, 0.25) is 0 Å². The summed E-state index contributed by atoms with van der Waals surface area (Å²) >= 11 is 0. The summed E-state index contributed by atoms with van der Waals surface area (Å²) in [6.07, 6.45) is 1.56. The van der Waals surface area contributed by atoms with Gasteiger partial charge in [-0.25, -0.2) is 8.42 Å². The molecule has 1 unspecified atom stereocenters. The molecular weight excluding hydrogens is 390 g/mol. The average Bonchev–Trinajstić information content (AvgIpc) is 3.07. The van der Waals surface area contributed by atoms with Crippen LogP contribution in [0.1, 0.15) is 35.7 Å². The molecule has 2 aromatic rings. The van der Waals surface area contributed by atoms with E-state index in [2.05, 4.69) is 13.8 Å². The maximum absolute atomic E-state index is 13.5. The standard InChI is InChI=1S/C22H25NO5S/c1-15(2)16-5-7-18(8-6-16)23(19-9-10-29(25,26)14-19)22(24)17-11-20(27-3)13-21(12-17)28-4/h5-13,15,19H,14H2,1-4H3. The number of amides is 1. The Morgan fingerprint density at radius 1 is 1.03 bits per heavy atom. The van der Waals surface area contributed by atoms with Gasteiger partial charge in [-0.3, -0.25) is 4.79 Å². The van der Waals surface area contributed by atoms with Crippen molar-refractivity contribution >= 4 is 21.4 Å². The first-order chi connectivity index (χ1) is 13.7. The summed E-state index contributed by atoms with van der Waals surface area (Å²) in [5.41, 5.74) is 2.12. The van der Waals surface area contributed by atoms with Gasteiger partial charge in [0.1, 0.15) is 11.5 Å². The molecule has 29 heavy (non-hydrogen) atoms. The number of hydrogen-bond donors (Lipinski definition) is 0. The van der Waals surface area contributed by atoms with Gasteiger partial charge in [0.25, 0.3) is 5.91 Å². The van der Waals surface area contributed by atoms with Crippen molar-refractivity contribution < 1.29 is 22.7 Å². The highest BCUT2D eigenvalue weighted by molar-refractivity contribution is 7.94. The second-order valence-electron chi connectivity index (χ2n) is 7.25. The molecule has 6 nitrogen and oxygen atoms in total. The van der Waals surface area contributed by atoms with Gasteiger partial charge in [-0.2, -0.15) is 0 Å². The molecule has 1 aliphatic rings. The lowest BCUT2D eigenvalue weighted by Crippen LogP contribution is -2.41. The van der Waals surface area contributed by atoms with Gasteiger partial charge in [-0.15, -0.1) is 0 Å². The number of anilines is 1. The molecule has 0 fully saturated rings. The third-order valence-corrected chi connectivity index (χ3v) is 6.28.